The maximum absolute atomic E-state index is 6.01. The highest BCUT2D eigenvalue weighted by atomic mass is 35.5. The second kappa shape index (κ2) is 6.57. The van der Waals surface area contributed by atoms with Crippen LogP contribution in [0.5, 0.6) is 5.88 Å². The molecule has 0 fully saturated rings. The van der Waals surface area contributed by atoms with Crippen molar-refractivity contribution in [2.24, 2.45) is 0 Å². The molecule has 0 radical (unpaired) electrons. The van der Waals surface area contributed by atoms with Gasteiger partial charge in [-0.3, -0.25) is 0 Å². The normalized spacial score (nSPS) is 11.0. The summed E-state index contributed by atoms with van der Waals surface area (Å²) < 4.78 is 7.63. The molecule has 0 bridgehead atoms. The first-order chi connectivity index (χ1) is 12.2. The van der Waals surface area contributed by atoms with Gasteiger partial charge in [-0.25, -0.2) is 9.50 Å². The van der Waals surface area contributed by atoms with Crippen molar-refractivity contribution in [3.8, 4) is 17.1 Å². The summed E-state index contributed by atoms with van der Waals surface area (Å²) in [6, 6.07) is 19.6. The van der Waals surface area contributed by atoms with Crippen molar-refractivity contribution >= 4 is 17.2 Å². The summed E-state index contributed by atoms with van der Waals surface area (Å²) in [7, 11) is 0. The Morgan fingerprint density at radius 3 is 2.76 bits per heavy atom. The van der Waals surface area contributed by atoms with Gasteiger partial charge in [-0.05, 0) is 36.8 Å². The van der Waals surface area contributed by atoms with Crippen LogP contribution in [-0.2, 0) is 6.61 Å². The van der Waals surface area contributed by atoms with E-state index in [1.165, 1.54) is 5.56 Å². The molecular weight excluding hydrogens is 334 g/mol. The van der Waals surface area contributed by atoms with E-state index < -0.39 is 0 Å². The molecule has 0 unspecified atom stereocenters. The van der Waals surface area contributed by atoms with Crippen LogP contribution in [0.25, 0.3) is 16.9 Å². The van der Waals surface area contributed by atoms with Gasteiger partial charge in [0.25, 0.3) is 0 Å². The third-order valence-corrected chi connectivity index (χ3v) is 4.16. The number of imidazole rings is 1. The lowest BCUT2D eigenvalue weighted by molar-refractivity contribution is 0.289. The zero-order valence-electron chi connectivity index (χ0n) is 13.7. The highest BCUT2D eigenvalue weighted by Crippen LogP contribution is 2.22. The van der Waals surface area contributed by atoms with Crippen molar-refractivity contribution < 1.29 is 4.74 Å². The van der Waals surface area contributed by atoms with E-state index in [1.54, 1.807) is 0 Å². The van der Waals surface area contributed by atoms with E-state index in [9.17, 15) is 0 Å². The highest BCUT2D eigenvalue weighted by Gasteiger charge is 2.09. The Morgan fingerprint density at radius 1 is 1.04 bits per heavy atom. The van der Waals surface area contributed by atoms with Gasteiger partial charge in [0.1, 0.15) is 6.61 Å². The minimum Gasteiger partial charge on any atom is -0.472 e. The molecule has 0 aliphatic heterocycles. The van der Waals surface area contributed by atoms with E-state index in [0.717, 1.165) is 22.5 Å². The molecular formula is C20H16ClN3O. The molecule has 0 amide bonds. The molecule has 25 heavy (non-hydrogen) atoms. The molecule has 4 rings (SSSR count). The van der Waals surface area contributed by atoms with Crippen LogP contribution in [0.15, 0.2) is 66.9 Å². The molecule has 4 nitrogen and oxygen atoms in total. The Kier molecular flexibility index (Phi) is 4.12. The minimum absolute atomic E-state index is 0.410. The maximum atomic E-state index is 6.01. The second-order valence-corrected chi connectivity index (χ2v) is 6.31. The van der Waals surface area contributed by atoms with Crippen molar-refractivity contribution in [3.05, 3.63) is 83.0 Å². The first kappa shape index (κ1) is 15.7. The fourth-order valence-electron chi connectivity index (χ4n) is 2.72. The lowest BCUT2D eigenvalue weighted by Gasteiger charge is -2.07. The van der Waals surface area contributed by atoms with E-state index in [1.807, 2.05) is 53.2 Å². The molecule has 2 aromatic carbocycles. The van der Waals surface area contributed by atoms with Crippen molar-refractivity contribution in [1.29, 1.82) is 0 Å². The molecule has 124 valence electrons. The van der Waals surface area contributed by atoms with Crippen LogP contribution >= 0.6 is 11.6 Å². The van der Waals surface area contributed by atoms with Crippen LogP contribution in [-0.4, -0.2) is 14.6 Å². The molecule has 0 spiro atoms. The third-order valence-electron chi connectivity index (χ3n) is 3.93. The van der Waals surface area contributed by atoms with Gasteiger partial charge >= 0.3 is 0 Å². The number of benzene rings is 2. The van der Waals surface area contributed by atoms with Gasteiger partial charge in [-0.1, -0.05) is 47.5 Å². The Balaban J connectivity index is 1.64. The summed E-state index contributed by atoms with van der Waals surface area (Å²) >= 11 is 6.01. The van der Waals surface area contributed by atoms with Crippen molar-refractivity contribution in [2.45, 2.75) is 13.5 Å². The largest absolute Gasteiger partial charge is 0.472 e. The van der Waals surface area contributed by atoms with Gasteiger partial charge in [0, 0.05) is 16.7 Å². The lowest BCUT2D eigenvalue weighted by atomic mass is 10.1. The fourth-order valence-corrected chi connectivity index (χ4v) is 2.93. The summed E-state index contributed by atoms with van der Waals surface area (Å²) in [5.74, 6) is 0.541. The average molecular weight is 350 g/mol. The molecule has 4 aromatic rings. The number of hydrogen-bond acceptors (Lipinski definition) is 3. The topological polar surface area (TPSA) is 39.4 Å². The van der Waals surface area contributed by atoms with Gasteiger partial charge in [0.15, 0.2) is 5.65 Å². The summed E-state index contributed by atoms with van der Waals surface area (Å²) in [4.78, 5) is 4.42. The van der Waals surface area contributed by atoms with Crippen LogP contribution in [0.2, 0.25) is 5.02 Å². The predicted molar refractivity (Wildman–Crippen MR) is 98.9 cm³/mol. The van der Waals surface area contributed by atoms with E-state index in [2.05, 4.69) is 35.2 Å². The fraction of sp³-hybridized carbons (Fsp3) is 0.100. The number of ether oxygens (including phenoxy) is 1. The smallest absolute Gasteiger partial charge is 0.232 e. The number of rotatable bonds is 4. The zero-order chi connectivity index (χ0) is 17.2. The summed E-state index contributed by atoms with van der Waals surface area (Å²) in [6.07, 6.45) is 1.83. The number of halogens is 1. The number of nitrogens with zero attached hydrogens (tertiary/aromatic N) is 3. The predicted octanol–water partition coefficient (Wildman–Crippen LogP) is 4.94. The van der Waals surface area contributed by atoms with E-state index in [0.29, 0.717) is 17.5 Å². The Hall–Kier alpha value is -2.85. The molecule has 0 aliphatic carbocycles. The Bertz CT molecular complexity index is 1040. The monoisotopic (exact) mass is 349 g/mol. The molecule has 0 aliphatic rings. The van der Waals surface area contributed by atoms with Crippen molar-refractivity contribution in [2.75, 3.05) is 0 Å². The van der Waals surface area contributed by atoms with Crippen LogP contribution in [0.3, 0.4) is 0 Å². The Labute approximate surface area is 150 Å². The van der Waals surface area contributed by atoms with Crippen molar-refractivity contribution in [1.82, 2.24) is 14.6 Å². The number of fused-ring (bicyclic) bond motifs is 1. The standard InChI is InChI=1S/C20H16ClN3O/c1-14-4-2-6-16(10-14)18-12-22-19-8-9-20(23-24(18)19)25-13-15-5-3-7-17(21)11-15/h2-12H,13H2,1H3. The van der Waals surface area contributed by atoms with E-state index in [-0.39, 0.29) is 0 Å². The van der Waals surface area contributed by atoms with Gasteiger partial charge in [-0.2, -0.15) is 0 Å². The quantitative estimate of drug-likeness (QED) is 0.524. The summed E-state index contributed by atoms with van der Waals surface area (Å²) in [5, 5.41) is 5.27. The molecule has 0 atom stereocenters. The molecule has 0 N–H and O–H groups in total. The number of aryl methyl sites for hydroxylation is 1. The minimum atomic E-state index is 0.410. The molecule has 0 saturated heterocycles. The lowest BCUT2D eigenvalue weighted by Crippen LogP contribution is -2.01. The third kappa shape index (κ3) is 3.35. The van der Waals surface area contributed by atoms with Gasteiger partial charge in [0.2, 0.25) is 5.88 Å². The van der Waals surface area contributed by atoms with E-state index >= 15 is 0 Å². The average Bonchev–Trinajstić information content (AvgIpc) is 3.03. The molecule has 2 aromatic heterocycles. The van der Waals surface area contributed by atoms with Crippen LogP contribution in [0.4, 0.5) is 0 Å². The number of hydrogen-bond donors (Lipinski definition) is 0. The molecule has 5 heteroatoms. The molecule has 0 saturated carbocycles. The van der Waals surface area contributed by atoms with Crippen molar-refractivity contribution in [3.63, 3.8) is 0 Å². The first-order valence-electron chi connectivity index (χ1n) is 7.98. The number of aromatic nitrogens is 3. The Morgan fingerprint density at radius 2 is 1.92 bits per heavy atom. The second-order valence-electron chi connectivity index (χ2n) is 5.87. The van der Waals surface area contributed by atoms with E-state index in [4.69, 9.17) is 16.3 Å². The SMILES string of the molecule is Cc1cccc(-c2cnc3ccc(OCc4cccc(Cl)c4)nn23)c1. The van der Waals surface area contributed by atoms with Crippen LogP contribution in [0, 0.1) is 6.92 Å². The maximum Gasteiger partial charge on any atom is 0.232 e. The van der Waals surface area contributed by atoms with Gasteiger partial charge < -0.3 is 4.74 Å². The first-order valence-corrected chi connectivity index (χ1v) is 8.36. The summed E-state index contributed by atoms with van der Waals surface area (Å²) in [6.45, 7) is 2.48. The highest BCUT2D eigenvalue weighted by molar-refractivity contribution is 6.30. The summed E-state index contributed by atoms with van der Waals surface area (Å²) in [5.41, 5.74) is 4.99. The van der Waals surface area contributed by atoms with Crippen LogP contribution in [0.1, 0.15) is 11.1 Å². The van der Waals surface area contributed by atoms with Gasteiger partial charge in [0.05, 0.1) is 11.9 Å². The van der Waals surface area contributed by atoms with Crippen LogP contribution < -0.4 is 4.74 Å². The van der Waals surface area contributed by atoms with Gasteiger partial charge in [-0.15, -0.1) is 5.10 Å². The zero-order valence-corrected chi connectivity index (χ0v) is 14.4. The molecule has 2 heterocycles.